The molecule has 1 N–H and O–H groups in total. The van der Waals surface area contributed by atoms with Gasteiger partial charge in [-0.1, -0.05) is 12.1 Å². The van der Waals surface area contributed by atoms with Crippen LogP contribution in [-0.2, 0) is 11.3 Å². The smallest absolute Gasteiger partial charge is 0.0589 e. The van der Waals surface area contributed by atoms with E-state index in [4.69, 9.17) is 4.74 Å². The van der Waals surface area contributed by atoms with Gasteiger partial charge >= 0.3 is 0 Å². The van der Waals surface area contributed by atoms with E-state index >= 15 is 0 Å². The lowest BCUT2D eigenvalue weighted by molar-refractivity contribution is 0.161. The van der Waals surface area contributed by atoms with E-state index in [1.165, 1.54) is 9.13 Å². The Balaban J connectivity index is 2.09. The summed E-state index contributed by atoms with van der Waals surface area (Å²) in [5.41, 5.74) is 1.34. The summed E-state index contributed by atoms with van der Waals surface area (Å²) in [6.45, 7) is 4.78. The molecule has 0 saturated heterocycles. The molecule has 1 rings (SSSR count). The molecule has 3 nitrogen and oxygen atoms in total. The van der Waals surface area contributed by atoms with Crippen molar-refractivity contribution in [2.75, 3.05) is 40.4 Å². The summed E-state index contributed by atoms with van der Waals surface area (Å²) in [4.78, 5) is 2.27. The van der Waals surface area contributed by atoms with Crippen LogP contribution in [0, 0.1) is 3.57 Å². The number of nitrogens with one attached hydrogen (secondary N) is 1. The third kappa shape index (κ3) is 6.98. The average molecular weight is 348 g/mol. The van der Waals surface area contributed by atoms with E-state index in [1.54, 1.807) is 7.11 Å². The van der Waals surface area contributed by atoms with Crippen LogP contribution in [0.1, 0.15) is 5.56 Å². The molecule has 0 aliphatic carbocycles. The molecule has 0 atom stereocenters. The van der Waals surface area contributed by atoms with Crippen molar-refractivity contribution in [2.45, 2.75) is 6.54 Å². The van der Waals surface area contributed by atoms with Gasteiger partial charge < -0.3 is 15.0 Å². The van der Waals surface area contributed by atoms with E-state index < -0.39 is 0 Å². The van der Waals surface area contributed by atoms with Gasteiger partial charge in [-0.15, -0.1) is 0 Å². The van der Waals surface area contributed by atoms with E-state index in [1.807, 2.05) is 0 Å². The van der Waals surface area contributed by atoms with Crippen molar-refractivity contribution < 1.29 is 4.74 Å². The molecule has 0 aromatic heterocycles. The quantitative estimate of drug-likeness (QED) is 0.574. The normalized spacial score (nSPS) is 11.1. The Labute approximate surface area is 118 Å². The summed E-state index contributed by atoms with van der Waals surface area (Å²) in [6, 6.07) is 8.62. The summed E-state index contributed by atoms with van der Waals surface area (Å²) in [5.74, 6) is 0. The molecule has 0 bridgehead atoms. The van der Waals surface area contributed by atoms with Gasteiger partial charge in [0.05, 0.1) is 6.61 Å². The average Bonchev–Trinajstić information content (AvgIpc) is 2.34. The Hall–Kier alpha value is -0.170. The highest BCUT2D eigenvalue weighted by molar-refractivity contribution is 14.1. The van der Waals surface area contributed by atoms with Crippen LogP contribution in [0.15, 0.2) is 24.3 Å². The standard InChI is InChI=1S/C13H21IN2O/c1-16(9-10-17-2)8-7-15-11-12-3-5-13(14)6-4-12/h3-6,15H,7-11H2,1-2H3. The molecular formula is C13H21IN2O. The molecule has 0 radical (unpaired) electrons. The van der Waals surface area contributed by atoms with Crippen molar-refractivity contribution in [3.05, 3.63) is 33.4 Å². The SMILES string of the molecule is COCCN(C)CCNCc1ccc(I)cc1. The number of benzene rings is 1. The maximum absolute atomic E-state index is 5.04. The van der Waals surface area contributed by atoms with Crippen molar-refractivity contribution in [1.29, 1.82) is 0 Å². The predicted molar refractivity (Wildman–Crippen MR) is 80.2 cm³/mol. The molecular weight excluding hydrogens is 327 g/mol. The van der Waals surface area contributed by atoms with Gasteiger partial charge in [0, 0.05) is 36.9 Å². The number of likely N-dealkylation sites (N-methyl/N-ethyl adjacent to an activating group) is 1. The molecule has 96 valence electrons. The number of ether oxygens (including phenoxy) is 1. The fourth-order valence-corrected chi connectivity index (χ4v) is 1.82. The Bertz CT molecular complexity index is 303. The van der Waals surface area contributed by atoms with Crippen LogP contribution in [-0.4, -0.2) is 45.3 Å². The van der Waals surface area contributed by atoms with E-state index in [9.17, 15) is 0 Å². The minimum absolute atomic E-state index is 0.799. The number of hydrogen-bond acceptors (Lipinski definition) is 3. The number of rotatable bonds is 8. The lowest BCUT2D eigenvalue weighted by Gasteiger charge is -2.16. The molecule has 0 heterocycles. The Morgan fingerprint density at radius 2 is 1.94 bits per heavy atom. The minimum Gasteiger partial charge on any atom is -0.383 e. The Kier molecular flexibility index (Phi) is 7.75. The maximum atomic E-state index is 5.04. The second kappa shape index (κ2) is 8.85. The molecule has 0 fully saturated rings. The third-order valence-electron chi connectivity index (χ3n) is 2.59. The monoisotopic (exact) mass is 348 g/mol. The topological polar surface area (TPSA) is 24.5 Å². The molecule has 0 saturated carbocycles. The van der Waals surface area contributed by atoms with Crippen molar-refractivity contribution in [3.8, 4) is 0 Å². The lowest BCUT2D eigenvalue weighted by Crippen LogP contribution is -2.31. The van der Waals surface area contributed by atoms with Gasteiger partial charge in [0.2, 0.25) is 0 Å². The number of nitrogens with zero attached hydrogens (tertiary/aromatic N) is 1. The largest absolute Gasteiger partial charge is 0.383 e. The zero-order valence-electron chi connectivity index (χ0n) is 10.6. The molecule has 0 amide bonds. The van der Waals surface area contributed by atoms with Gasteiger partial charge in [-0.3, -0.25) is 0 Å². The highest BCUT2D eigenvalue weighted by Crippen LogP contribution is 2.06. The lowest BCUT2D eigenvalue weighted by atomic mass is 10.2. The van der Waals surface area contributed by atoms with E-state index in [0.29, 0.717) is 0 Å². The van der Waals surface area contributed by atoms with Crippen LogP contribution in [0.4, 0.5) is 0 Å². The molecule has 1 aromatic carbocycles. The Morgan fingerprint density at radius 3 is 2.59 bits per heavy atom. The molecule has 1 aromatic rings. The predicted octanol–water partition coefficient (Wildman–Crippen LogP) is 1.96. The Morgan fingerprint density at radius 1 is 1.24 bits per heavy atom. The summed E-state index contributed by atoms with van der Waals surface area (Å²) in [5, 5.41) is 3.44. The van der Waals surface area contributed by atoms with Gasteiger partial charge in [-0.2, -0.15) is 0 Å². The second-order valence-electron chi connectivity index (χ2n) is 4.10. The van der Waals surface area contributed by atoms with E-state index in [-0.39, 0.29) is 0 Å². The first-order valence-electron chi connectivity index (χ1n) is 5.85. The highest BCUT2D eigenvalue weighted by Gasteiger charge is 1.97. The van der Waals surface area contributed by atoms with E-state index in [2.05, 4.69) is 64.1 Å². The molecule has 0 aliphatic rings. The van der Waals surface area contributed by atoms with Crippen molar-refractivity contribution >= 4 is 22.6 Å². The van der Waals surface area contributed by atoms with Crippen LogP contribution >= 0.6 is 22.6 Å². The van der Waals surface area contributed by atoms with Crippen molar-refractivity contribution in [2.24, 2.45) is 0 Å². The molecule has 17 heavy (non-hydrogen) atoms. The summed E-state index contributed by atoms with van der Waals surface area (Å²) in [6.07, 6.45) is 0. The van der Waals surface area contributed by atoms with Crippen molar-refractivity contribution in [3.63, 3.8) is 0 Å². The first-order valence-corrected chi connectivity index (χ1v) is 6.93. The van der Waals surface area contributed by atoms with Crippen molar-refractivity contribution in [1.82, 2.24) is 10.2 Å². The van der Waals surface area contributed by atoms with Crippen LogP contribution < -0.4 is 5.32 Å². The highest BCUT2D eigenvalue weighted by atomic mass is 127. The fourth-order valence-electron chi connectivity index (χ4n) is 1.46. The van der Waals surface area contributed by atoms with Gasteiger partial charge in [-0.25, -0.2) is 0 Å². The van der Waals surface area contributed by atoms with Gasteiger partial charge in [0.1, 0.15) is 0 Å². The third-order valence-corrected chi connectivity index (χ3v) is 3.31. The summed E-state index contributed by atoms with van der Waals surface area (Å²) < 4.78 is 6.32. The zero-order valence-corrected chi connectivity index (χ0v) is 12.7. The van der Waals surface area contributed by atoms with Gasteiger partial charge in [-0.05, 0) is 47.3 Å². The van der Waals surface area contributed by atoms with Crippen LogP contribution in [0.3, 0.4) is 0 Å². The molecule has 0 aliphatic heterocycles. The summed E-state index contributed by atoms with van der Waals surface area (Å²) >= 11 is 2.32. The second-order valence-corrected chi connectivity index (χ2v) is 5.34. The number of methoxy groups -OCH3 is 1. The van der Waals surface area contributed by atoms with Crippen LogP contribution in [0.5, 0.6) is 0 Å². The molecule has 0 spiro atoms. The first kappa shape index (κ1) is 14.9. The zero-order chi connectivity index (χ0) is 12.5. The number of halogens is 1. The van der Waals surface area contributed by atoms with Crippen LogP contribution in [0.2, 0.25) is 0 Å². The van der Waals surface area contributed by atoms with Gasteiger partial charge in [0.15, 0.2) is 0 Å². The first-order chi connectivity index (χ1) is 8.22. The summed E-state index contributed by atoms with van der Waals surface area (Å²) in [7, 11) is 3.86. The van der Waals surface area contributed by atoms with Crippen LogP contribution in [0.25, 0.3) is 0 Å². The minimum atomic E-state index is 0.799. The fraction of sp³-hybridized carbons (Fsp3) is 0.538. The maximum Gasteiger partial charge on any atom is 0.0589 e. The van der Waals surface area contributed by atoms with Gasteiger partial charge in [0.25, 0.3) is 0 Å². The van der Waals surface area contributed by atoms with E-state index in [0.717, 1.165) is 32.8 Å². The number of hydrogen-bond donors (Lipinski definition) is 1. The molecule has 0 unspecified atom stereocenters. The molecule has 4 heteroatoms.